The lowest BCUT2D eigenvalue weighted by molar-refractivity contribution is 0.0695. The van der Waals surface area contributed by atoms with E-state index in [1.807, 2.05) is 0 Å². The van der Waals surface area contributed by atoms with E-state index in [0.29, 0.717) is 3.57 Å². The molecule has 14 heavy (non-hydrogen) atoms. The third kappa shape index (κ3) is 2.42. The van der Waals surface area contributed by atoms with Gasteiger partial charge in [-0.1, -0.05) is 0 Å². The molecule has 0 heterocycles. The molecule has 0 aliphatic heterocycles. The summed E-state index contributed by atoms with van der Waals surface area (Å²) in [6, 6.07) is 3.70. The first-order valence-electron chi connectivity index (χ1n) is 3.38. The van der Waals surface area contributed by atoms with Gasteiger partial charge in [-0.15, -0.1) is 0 Å². The molecule has 0 spiro atoms. The Morgan fingerprint density at radius 3 is 2.43 bits per heavy atom. The van der Waals surface area contributed by atoms with E-state index in [0.717, 1.165) is 6.07 Å². The van der Waals surface area contributed by atoms with Crippen LogP contribution in [0.25, 0.3) is 0 Å². The second kappa shape index (κ2) is 3.83. The largest absolute Gasteiger partial charge is 0.478 e. The molecule has 1 aromatic rings. The van der Waals surface area contributed by atoms with E-state index < -0.39 is 16.0 Å². The van der Waals surface area contributed by atoms with Crippen molar-refractivity contribution in [2.24, 2.45) is 5.14 Å². The Labute approximate surface area is 94.1 Å². The molecular formula is C7H6INO4S. The molecule has 0 saturated carbocycles. The zero-order valence-corrected chi connectivity index (χ0v) is 9.74. The number of hydrogen-bond donors (Lipinski definition) is 2. The fraction of sp³-hybridized carbons (Fsp3) is 0. The maximum Gasteiger partial charge on any atom is 0.336 e. The summed E-state index contributed by atoms with van der Waals surface area (Å²) < 4.78 is 22.3. The van der Waals surface area contributed by atoms with Crippen LogP contribution in [0, 0.1) is 3.57 Å². The molecule has 7 heteroatoms. The molecule has 0 atom stereocenters. The molecule has 0 aliphatic rings. The van der Waals surface area contributed by atoms with Crippen LogP contribution in [-0.2, 0) is 10.0 Å². The Morgan fingerprint density at radius 2 is 2.00 bits per heavy atom. The number of sulfonamides is 1. The first-order chi connectivity index (χ1) is 6.32. The molecule has 0 amide bonds. The van der Waals surface area contributed by atoms with Crippen LogP contribution in [0.1, 0.15) is 10.4 Å². The van der Waals surface area contributed by atoms with Crippen LogP contribution < -0.4 is 5.14 Å². The van der Waals surface area contributed by atoms with Crippen LogP contribution in [0.4, 0.5) is 0 Å². The molecule has 0 saturated heterocycles. The van der Waals surface area contributed by atoms with Crippen molar-refractivity contribution in [2.45, 2.75) is 4.90 Å². The van der Waals surface area contributed by atoms with Gasteiger partial charge in [0.1, 0.15) is 0 Å². The predicted octanol–water partition coefficient (Wildman–Crippen LogP) is 0.637. The first kappa shape index (κ1) is 11.4. The van der Waals surface area contributed by atoms with Crippen LogP contribution in [-0.4, -0.2) is 19.5 Å². The molecule has 1 rings (SSSR count). The van der Waals surface area contributed by atoms with Gasteiger partial charge >= 0.3 is 5.97 Å². The maximum absolute atomic E-state index is 10.9. The predicted molar refractivity (Wildman–Crippen MR) is 57.5 cm³/mol. The van der Waals surface area contributed by atoms with Gasteiger partial charge < -0.3 is 5.11 Å². The molecule has 0 unspecified atom stereocenters. The Balaban J connectivity index is 3.42. The minimum Gasteiger partial charge on any atom is -0.478 e. The van der Waals surface area contributed by atoms with Crippen molar-refractivity contribution in [1.29, 1.82) is 0 Å². The number of carbonyl (C=O) groups is 1. The summed E-state index contributed by atoms with van der Waals surface area (Å²) in [5.74, 6) is -1.18. The number of halogens is 1. The topological polar surface area (TPSA) is 97.5 Å². The summed E-state index contributed by atoms with van der Waals surface area (Å²) in [4.78, 5) is 10.5. The summed E-state index contributed by atoms with van der Waals surface area (Å²) in [5, 5.41) is 13.6. The van der Waals surface area contributed by atoms with Crippen LogP contribution in [0.3, 0.4) is 0 Å². The van der Waals surface area contributed by atoms with E-state index in [9.17, 15) is 13.2 Å². The zero-order chi connectivity index (χ0) is 10.9. The smallest absolute Gasteiger partial charge is 0.336 e. The van der Waals surface area contributed by atoms with Gasteiger partial charge in [0.05, 0.1) is 10.5 Å². The third-order valence-corrected chi connectivity index (χ3v) is 3.35. The molecule has 5 nitrogen and oxygen atoms in total. The molecular weight excluding hydrogens is 321 g/mol. The van der Waals surface area contributed by atoms with Crippen molar-refractivity contribution < 1.29 is 18.3 Å². The summed E-state index contributed by atoms with van der Waals surface area (Å²) in [6.07, 6.45) is 0. The number of carboxylic acid groups (broad SMARTS) is 1. The summed E-state index contributed by atoms with van der Waals surface area (Å²) in [5.41, 5.74) is -0.0721. The first-order valence-corrected chi connectivity index (χ1v) is 6.00. The number of aromatic carboxylic acids is 1. The molecule has 3 N–H and O–H groups in total. The highest BCUT2D eigenvalue weighted by molar-refractivity contribution is 14.1. The van der Waals surface area contributed by atoms with Gasteiger partial charge in [0.2, 0.25) is 10.0 Å². The molecule has 0 fully saturated rings. The number of carboxylic acids is 1. The summed E-state index contributed by atoms with van der Waals surface area (Å²) in [6.45, 7) is 0. The van der Waals surface area contributed by atoms with E-state index in [4.69, 9.17) is 10.2 Å². The van der Waals surface area contributed by atoms with E-state index in [2.05, 4.69) is 0 Å². The van der Waals surface area contributed by atoms with E-state index in [1.54, 1.807) is 22.6 Å². The van der Waals surface area contributed by atoms with Gasteiger partial charge in [-0.25, -0.2) is 18.4 Å². The van der Waals surface area contributed by atoms with E-state index in [-0.39, 0.29) is 10.5 Å². The van der Waals surface area contributed by atoms with E-state index in [1.165, 1.54) is 12.1 Å². The minimum atomic E-state index is -3.84. The van der Waals surface area contributed by atoms with Crippen molar-refractivity contribution in [2.75, 3.05) is 0 Å². The van der Waals surface area contributed by atoms with Crippen LogP contribution in [0.2, 0.25) is 0 Å². The van der Waals surface area contributed by atoms with Crippen molar-refractivity contribution in [3.8, 4) is 0 Å². The zero-order valence-electron chi connectivity index (χ0n) is 6.77. The third-order valence-electron chi connectivity index (χ3n) is 1.50. The monoisotopic (exact) mass is 327 g/mol. The highest BCUT2D eigenvalue weighted by Gasteiger charge is 2.14. The van der Waals surface area contributed by atoms with Crippen molar-refractivity contribution in [1.82, 2.24) is 0 Å². The fourth-order valence-electron chi connectivity index (χ4n) is 0.845. The Kier molecular flexibility index (Phi) is 3.12. The second-order valence-electron chi connectivity index (χ2n) is 2.49. The highest BCUT2D eigenvalue weighted by Crippen LogP contribution is 2.16. The lowest BCUT2D eigenvalue weighted by Gasteiger charge is -2.01. The van der Waals surface area contributed by atoms with Crippen molar-refractivity contribution in [3.63, 3.8) is 0 Å². The maximum atomic E-state index is 10.9. The number of rotatable bonds is 2. The molecule has 0 aliphatic carbocycles. The van der Waals surface area contributed by atoms with Gasteiger partial charge in [0, 0.05) is 3.57 Å². The minimum absolute atomic E-state index is 0.0721. The number of hydrogen-bond acceptors (Lipinski definition) is 3. The SMILES string of the molecule is NS(=O)(=O)c1ccc(I)c(C(=O)O)c1. The number of nitrogens with two attached hydrogens (primary N) is 1. The Morgan fingerprint density at radius 1 is 1.43 bits per heavy atom. The van der Waals surface area contributed by atoms with E-state index >= 15 is 0 Å². The van der Waals surface area contributed by atoms with Gasteiger partial charge in [-0.3, -0.25) is 0 Å². The normalized spacial score (nSPS) is 11.3. The standard InChI is InChI=1S/C7H6INO4S/c8-6-2-1-4(14(9,12)13)3-5(6)7(10)11/h1-3H,(H,10,11)(H2,9,12,13). The molecule has 0 bridgehead atoms. The second-order valence-corrected chi connectivity index (χ2v) is 5.22. The molecule has 0 aromatic heterocycles. The number of benzene rings is 1. The van der Waals surface area contributed by atoms with Gasteiger partial charge in [0.15, 0.2) is 0 Å². The molecule has 76 valence electrons. The Bertz CT molecular complexity index is 482. The van der Waals surface area contributed by atoms with Gasteiger partial charge in [-0.05, 0) is 40.8 Å². The lowest BCUT2D eigenvalue weighted by atomic mass is 10.2. The Hall–Kier alpha value is -0.670. The lowest BCUT2D eigenvalue weighted by Crippen LogP contribution is -2.13. The van der Waals surface area contributed by atoms with Crippen molar-refractivity contribution in [3.05, 3.63) is 27.3 Å². The van der Waals surface area contributed by atoms with Crippen molar-refractivity contribution >= 4 is 38.6 Å². The quantitative estimate of drug-likeness (QED) is 0.779. The number of primary sulfonamides is 1. The van der Waals surface area contributed by atoms with Gasteiger partial charge in [0.25, 0.3) is 0 Å². The summed E-state index contributed by atoms with van der Waals surface area (Å²) >= 11 is 1.80. The van der Waals surface area contributed by atoms with Crippen LogP contribution in [0.15, 0.2) is 23.1 Å². The average molecular weight is 327 g/mol. The van der Waals surface area contributed by atoms with Crippen LogP contribution >= 0.6 is 22.6 Å². The van der Waals surface area contributed by atoms with Crippen LogP contribution in [0.5, 0.6) is 0 Å². The summed E-state index contributed by atoms with van der Waals surface area (Å²) in [7, 11) is -3.84. The average Bonchev–Trinajstić information content (AvgIpc) is 2.02. The molecule has 1 aromatic carbocycles. The van der Waals surface area contributed by atoms with Gasteiger partial charge in [-0.2, -0.15) is 0 Å². The molecule has 0 radical (unpaired) electrons. The highest BCUT2D eigenvalue weighted by atomic mass is 127. The fourth-order valence-corrected chi connectivity index (χ4v) is 1.95.